The molecule has 0 aliphatic carbocycles. The molecule has 1 aromatic carbocycles. The highest BCUT2D eigenvalue weighted by atomic mass is 19.1. The molecule has 6 heteroatoms. The SMILES string of the molecule is Fc1nc2ccccc2nc1N1CCC(c2cnccn2)C1. The number of aromatic nitrogens is 4. The predicted octanol–water partition coefficient (Wildman–Crippen LogP) is 2.55. The highest BCUT2D eigenvalue weighted by Crippen LogP contribution is 2.30. The number of halogens is 1. The lowest BCUT2D eigenvalue weighted by Crippen LogP contribution is -2.22. The van der Waals surface area contributed by atoms with Crippen LogP contribution in [0.15, 0.2) is 42.9 Å². The minimum absolute atomic E-state index is 0.251. The van der Waals surface area contributed by atoms with Crippen LogP contribution in [0.3, 0.4) is 0 Å². The zero-order valence-electron chi connectivity index (χ0n) is 11.9. The Kier molecular flexibility index (Phi) is 3.14. The number of nitrogens with zero attached hydrogens (tertiary/aromatic N) is 5. The second kappa shape index (κ2) is 5.29. The molecular weight excluding hydrogens is 281 g/mol. The van der Waals surface area contributed by atoms with Crippen LogP contribution in [0.2, 0.25) is 0 Å². The predicted molar refractivity (Wildman–Crippen MR) is 81.1 cm³/mol. The summed E-state index contributed by atoms with van der Waals surface area (Å²) in [5.41, 5.74) is 2.23. The summed E-state index contributed by atoms with van der Waals surface area (Å²) in [7, 11) is 0. The molecule has 1 fully saturated rings. The summed E-state index contributed by atoms with van der Waals surface area (Å²) >= 11 is 0. The summed E-state index contributed by atoms with van der Waals surface area (Å²) in [5.74, 6) is 0.0601. The van der Waals surface area contributed by atoms with E-state index in [1.165, 1.54) is 0 Å². The minimum atomic E-state index is -0.515. The highest BCUT2D eigenvalue weighted by Gasteiger charge is 2.28. The fourth-order valence-corrected chi connectivity index (χ4v) is 2.89. The summed E-state index contributed by atoms with van der Waals surface area (Å²) in [6, 6.07) is 7.32. The number of hydrogen-bond donors (Lipinski definition) is 0. The van der Waals surface area contributed by atoms with Crippen LogP contribution in [0.5, 0.6) is 0 Å². The first-order valence-electron chi connectivity index (χ1n) is 7.24. The minimum Gasteiger partial charge on any atom is -0.352 e. The molecule has 0 saturated carbocycles. The molecule has 5 nitrogen and oxygen atoms in total. The third-order valence-corrected chi connectivity index (χ3v) is 4.00. The van der Waals surface area contributed by atoms with Crippen molar-refractivity contribution in [3.05, 3.63) is 54.5 Å². The Bertz CT molecular complexity index is 808. The molecule has 2 aromatic heterocycles. The van der Waals surface area contributed by atoms with Gasteiger partial charge in [0.25, 0.3) is 5.95 Å². The van der Waals surface area contributed by atoms with Crippen molar-refractivity contribution in [2.75, 3.05) is 18.0 Å². The molecule has 1 atom stereocenters. The van der Waals surface area contributed by atoms with Gasteiger partial charge in [-0.15, -0.1) is 0 Å². The quantitative estimate of drug-likeness (QED) is 0.727. The van der Waals surface area contributed by atoms with Crippen LogP contribution in [-0.4, -0.2) is 33.0 Å². The first kappa shape index (κ1) is 13.1. The fraction of sp³-hybridized carbons (Fsp3) is 0.250. The van der Waals surface area contributed by atoms with E-state index in [4.69, 9.17) is 0 Å². The summed E-state index contributed by atoms with van der Waals surface area (Å²) in [5, 5.41) is 0. The fourth-order valence-electron chi connectivity index (χ4n) is 2.89. The van der Waals surface area contributed by atoms with E-state index < -0.39 is 5.95 Å². The maximum absolute atomic E-state index is 14.3. The van der Waals surface area contributed by atoms with Gasteiger partial charge in [0, 0.05) is 37.6 Å². The number of anilines is 1. The summed E-state index contributed by atoms with van der Waals surface area (Å²) < 4.78 is 14.3. The molecule has 1 saturated heterocycles. The van der Waals surface area contributed by atoms with E-state index in [2.05, 4.69) is 19.9 Å². The molecule has 1 aliphatic rings. The van der Waals surface area contributed by atoms with Gasteiger partial charge in [-0.1, -0.05) is 12.1 Å². The molecule has 3 aromatic rings. The number of hydrogen-bond acceptors (Lipinski definition) is 5. The monoisotopic (exact) mass is 295 g/mol. The van der Waals surface area contributed by atoms with Gasteiger partial charge in [0.1, 0.15) is 0 Å². The highest BCUT2D eigenvalue weighted by molar-refractivity contribution is 5.75. The third kappa shape index (κ3) is 2.26. The van der Waals surface area contributed by atoms with Gasteiger partial charge in [0.15, 0.2) is 5.82 Å². The standard InChI is InChI=1S/C16H14FN5/c17-15-16(21-13-4-2-1-3-12(13)20-15)22-8-5-11(10-22)14-9-18-6-7-19-14/h1-4,6-7,9,11H,5,8,10H2. The van der Waals surface area contributed by atoms with E-state index in [0.29, 0.717) is 23.4 Å². The van der Waals surface area contributed by atoms with Gasteiger partial charge in [-0.25, -0.2) is 9.97 Å². The number of rotatable bonds is 2. The Balaban J connectivity index is 1.64. The molecule has 22 heavy (non-hydrogen) atoms. The lowest BCUT2D eigenvalue weighted by atomic mass is 10.1. The summed E-state index contributed by atoms with van der Waals surface area (Å²) in [4.78, 5) is 18.8. The Hall–Kier alpha value is -2.63. The smallest absolute Gasteiger partial charge is 0.256 e. The molecule has 0 spiro atoms. The Morgan fingerprint density at radius 1 is 1.09 bits per heavy atom. The van der Waals surface area contributed by atoms with Crippen LogP contribution < -0.4 is 4.90 Å². The largest absolute Gasteiger partial charge is 0.352 e. The Labute approximate surface area is 126 Å². The number of benzene rings is 1. The van der Waals surface area contributed by atoms with E-state index >= 15 is 0 Å². The Morgan fingerprint density at radius 2 is 1.91 bits per heavy atom. The molecule has 0 amide bonds. The molecule has 0 radical (unpaired) electrons. The lowest BCUT2D eigenvalue weighted by molar-refractivity contribution is 0.578. The van der Waals surface area contributed by atoms with Crippen LogP contribution in [0.1, 0.15) is 18.0 Å². The van der Waals surface area contributed by atoms with Gasteiger partial charge in [-0.05, 0) is 18.6 Å². The van der Waals surface area contributed by atoms with Crippen LogP contribution in [-0.2, 0) is 0 Å². The molecule has 110 valence electrons. The normalized spacial score (nSPS) is 18.0. The first-order valence-corrected chi connectivity index (χ1v) is 7.24. The van der Waals surface area contributed by atoms with Crippen molar-refractivity contribution in [3.8, 4) is 0 Å². The van der Waals surface area contributed by atoms with Gasteiger partial charge >= 0.3 is 0 Å². The molecule has 0 bridgehead atoms. The summed E-state index contributed by atoms with van der Waals surface area (Å²) in [6.07, 6.45) is 6.03. The Morgan fingerprint density at radius 3 is 2.68 bits per heavy atom. The molecule has 4 rings (SSSR count). The van der Waals surface area contributed by atoms with Crippen molar-refractivity contribution in [1.29, 1.82) is 0 Å². The van der Waals surface area contributed by atoms with Gasteiger partial charge in [-0.3, -0.25) is 9.97 Å². The topological polar surface area (TPSA) is 54.8 Å². The summed E-state index contributed by atoms with van der Waals surface area (Å²) in [6.45, 7) is 1.42. The number of para-hydroxylation sites is 2. The van der Waals surface area contributed by atoms with E-state index in [1.807, 2.05) is 23.1 Å². The molecular formula is C16H14FN5. The van der Waals surface area contributed by atoms with Crippen LogP contribution in [0.25, 0.3) is 11.0 Å². The zero-order valence-corrected chi connectivity index (χ0v) is 11.9. The van der Waals surface area contributed by atoms with Gasteiger partial charge < -0.3 is 4.90 Å². The average Bonchev–Trinajstić information content (AvgIpc) is 3.05. The maximum atomic E-state index is 14.3. The van der Waals surface area contributed by atoms with E-state index in [-0.39, 0.29) is 5.92 Å². The van der Waals surface area contributed by atoms with Crippen molar-refractivity contribution >= 4 is 16.9 Å². The molecule has 3 heterocycles. The van der Waals surface area contributed by atoms with Crippen LogP contribution in [0, 0.1) is 5.95 Å². The van der Waals surface area contributed by atoms with Crippen molar-refractivity contribution in [2.45, 2.75) is 12.3 Å². The van der Waals surface area contributed by atoms with E-state index in [0.717, 1.165) is 18.7 Å². The third-order valence-electron chi connectivity index (χ3n) is 4.00. The van der Waals surface area contributed by atoms with Gasteiger partial charge in [-0.2, -0.15) is 4.39 Å². The van der Waals surface area contributed by atoms with Gasteiger partial charge in [0.05, 0.1) is 16.7 Å². The second-order valence-corrected chi connectivity index (χ2v) is 5.39. The molecule has 1 unspecified atom stereocenters. The van der Waals surface area contributed by atoms with Crippen LogP contribution >= 0.6 is 0 Å². The lowest BCUT2D eigenvalue weighted by Gasteiger charge is -2.18. The molecule has 0 N–H and O–H groups in total. The maximum Gasteiger partial charge on any atom is 0.256 e. The van der Waals surface area contributed by atoms with Crippen molar-refractivity contribution in [3.63, 3.8) is 0 Å². The van der Waals surface area contributed by atoms with Crippen molar-refractivity contribution in [1.82, 2.24) is 19.9 Å². The number of fused-ring (bicyclic) bond motifs is 1. The van der Waals surface area contributed by atoms with E-state index in [1.54, 1.807) is 24.7 Å². The average molecular weight is 295 g/mol. The van der Waals surface area contributed by atoms with Gasteiger partial charge in [0.2, 0.25) is 0 Å². The molecule has 1 aliphatic heterocycles. The van der Waals surface area contributed by atoms with E-state index in [9.17, 15) is 4.39 Å². The van der Waals surface area contributed by atoms with Crippen LogP contribution in [0.4, 0.5) is 10.2 Å². The van der Waals surface area contributed by atoms with Crippen molar-refractivity contribution < 1.29 is 4.39 Å². The second-order valence-electron chi connectivity index (χ2n) is 5.39. The van der Waals surface area contributed by atoms with Crippen molar-refractivity contribution in [2.24, 2.45) is 0 Å². The zero-order chi connectivity index (χ0) is 14.9. The first-order chi connectivity index (χ1) is 10.8.